The van der Waals surface area contributed by atoms with Crippen LogP contribution in [0.3, 0.4) is 0 Å². The van der Waals surface area contributed by atoms with Gasteiger partial charge in [0.15, 0.2) is 6.61 Å². The highest BCUT2D eigenvalue weighted by molar-refractivity contribution is 7.09. The topological polar surface area (TPSA) is 75.7 Å². The Morgan fingerprint density at radius 3 is 2.54 bits per heavy atom. The average molecular weight is 374 g/mol. The predicted octanol–water partition coefficient (Wildman–Crippen LogP) is 2.46. The van der Waals surface area contributed by atoms with Gasteiger partial charge in [0.1, 0.15) is 0 Å². The minimum atomic E-state index is -0.524. The maximum Gasteiger partial charge on any atom is 0.308 e. The molecule has 0 saturated heterocycles. The Hall–Kier alpha value is -2.67. The number of hydrogen-bond acceptors (Lipinski definition) is 5. The van der Waals surface area contributed by atoms with Crippen LogP contribution in [0.5, 0.6) is 0 Å². The Morgan fingerprint density at radius 2 is 1.88 bits per heavy atom. The van der Waals surface area contributed by atoms with Crippen molar-refractivity contribution in [3.63, 3.8) is 0 Å². The number of esters is 1. The molecule has 1 N–H and O–H groups in total. The molecule has 1 heterocycles. The van der Waals surface area contributed by atoms with Crippen molar-refractivity contribution < 1.29 is 19.1 Å². The fourth-order valence-electron chi connectivity index (χ4n) is 2.23. The van der Waals surface area contributed by atoms with E-state index in [-0.39, 0.29) is 24.8 Å². The molecule has 2 amide bonds. The fraction of sp³-hybridized carbons (Fsp3) is 0.316. The molecule has 2 aromatic rings. The number of nitrogens with one attached hydrogen (secondary N) is 1. The molecular weight excluding hydrogens is 352 g/mol. The normalized spacial score (nSPS) is 11.5. The lowest BCUT2D eigenvalue weighted by atomic mass is 10.2. The zero-order chi connectivity index (χ0) is 18.9. The molecule has 2 rings (SSSR count). The summed E-state index contributed by atoms with van der Waals surface area (Å²) in [7, 11) is 1.67. The van der Waals surface area contributed by atoms with E-state index >= 15 is 0 Å². The molecule has 0 aliphatic carbocycles. The SMILES string of the molecule is CC(CC(=O)OCC(=O)N(C)Cc1cccs1)NC(=O)c1ccccc1. The van der Waals surface area contributed by atoms with E-state index in [1.807, 2.05) is 23.6 Å². The van der Waals surface area contributed by atoms with Crippen molar-refractivity contribution in [1.82, 2.24) is 10.2 Å². The lowest BCUT2D eigenvalue weighted by molar-refractivity contribution is -0.152. The summed E-state index contributed by atoms with van der Waals surface area (Å²) in [6.07, 6.45) is 0.000489. The first-order valence-electron chi connectivity index (χ1n) is 8.23. The quantitative estimate of drug-likeness (QED) is 0.720. The van der Waals surface area contributed by atoms with E-state index in [1.54, 1.807) is 49.6 Å². The lowest BCUT2D eigenvalue weighted by Gasteiger charge is -2.17. The highest BCUT2D eigenvalue weighted by Gasteiger charge is 2.16. The first kappa shape index (κ1) is 19.7. The number of ether oxygens (including phenoxy) is 1. The molecule has 0 spiro atoms. The number of carbonyl (C=O) groups excluding carboxylic acids is 3. The average Bonchev–Trinajstić information content (AvgIpc) is 3.13. The standard InChI is InChI=1S/C19H22N2O4S/c1-14(20-19(24)15-7-4-3-5-8-15)11-18(23)25-13-17(22)21(2)12-16-9-6-10-26-16/h3-10,14H,11-13H2,1-2H3,(H,20,24). The third kappa shape index (κ3) is 6.33. The molecule has 0 fully saturated rings. The Labute approximate surface area is 156 Å². The Kier molecular flexibility index (Phi) is 7.35. The molecule has 0 aliphatic heterocycles. The van der Waals surface area contributed by atoms with Crippen LogP contribution in [0.25, 0.3) is 0 Å². The molecule has 0 aliphatic rings. The second-order valence-corrected chi connectivity index (χ2v) is 6.97. The van der Waals surface area contributed by atoms with Crippen LogP contribution in [0.15, 0.2) is 47.8 Å². The number of likely N-dealkylation sites (N-methyl/N-ethyl adjacent to an activating group) is 1. The van der Waals surface area contributed by atoms with Crippen molar-refractivity contribution in [1.29, 1.82) is 0 Å². The maximum absolute atomic E-state index is 12.0. The van der Waals surface area contributed by atoms with E-state index in [1.165, 1.54) is 4.90 Å². The molecule has 6 nitrogen and oxygen atoms in total. The van der Waals surface area contributed by atoms with Gasteiger partial charge in [-0.25, -0.2) is 0 Å². The van der Waals surface area contributed by atoms with Crippen molar-refractivity contribution in [2.75, 3.05) is 13.7 Å². The number of benzene rings is 1. The van der Waals surface area contributed by atoms with Gasteiger partial charge in [-0.2, -0.15) is 0 Å². The van der Waals surface area contributed by atoms with Crippen LogP contribution < -0.4 is 5.32 Å². The second-order valence-electron chi connectivity index (χ2n) is 5.93. The van der Waals surface area contributed by atoms with Gasteiger partial charge < -0.3 is 15.0 Å². The summed E-state index contributed by atoms with van der Waals surface area (Å²) in [5, 5.41) is 4.68. The van der Waals surface area contributed by atoms with Gasteiger partial charge in [0, 0.05) is 23.5 Å². The molecule has 1 unspecified atom stereocenters. The van der Waals surface area contributed by atoms with Gasteiger partial charge in [0.25, 0.3) is 11.8 Å². The smallest absolute Gasteiger partial charge is 0.308 e. The molecular formula is C19H22N2O4S. The largest absolute Gasteiger partial charge is 0.456 e. The van der Waals surface area contributed by atoms with E-state index < -0.39 is 12.0 Å². The van der Waals surface area contributed by atoms with Crippen LogP contribution in [0.1, 0.15) is 28.6 Å². The second kappa shape index (κ2) is 9.72. The van der Waals surface area contributed by atoms with Crippen LogP contribution in [0, 0.1) is 0 Å². The first-order chi connectivity index (χ1) is 12.5. The molecule has 0 saturated carbocycles. The molecule has 138 valence electrons. The van der Waals surface area contributed by atoms with E-state index in [0.717, 1.165) is 4.88 Å². The van der Waals surface area contributed by atoms with Crippen molar-refractivity contribution in [2.24, 2.45) is 0 Å². The zero-order valence-corrected chi connectivity index (χ0v) is 15.6. The number of rotatable bonds is 8. The Balaban J connectivity index is 1.70. The third-order valence-electron chi connectivity index (χ3n) is 3.64. The van der Waals surface area contributed by atoms with Crippen LogP contribution in [-0.4, -0.2) is 42.4 Å². The molecule has 1 aromatic carbocycles. The molecule has 1 aromatic heterocycles. The maximum atomic E-state index is 12.0. The van der Waals surface area contributed by atoms with Gasteiger partial charge in [-0.05, 0) is 30.5 Å². The highest BCUT2D eigenvalue weighted by Crippen LogP contribution is 2.11. The number of hydrogen-bond donors (Lipinski definition) is 1. The van der Waals surface area contributed by atoms with E-state index in [9.17, 15) is 14.4 Å². The minimum Gasteiger partial charge on any atom is -0.456 e. The summed E-state index contributed by atoms with van der Waals surface area (Å²) in [6.45, 7) is 1.89. The summed E-state index contributed by atoms with van der Waals surface area (Å²) in [4.78, 5) is 38.5. The lowest BCUT2D eigenvalue weighted by Crippen LogP contribution is -2.35. The molecule has 26 heavy (non-hydrogen) atoms. The Bertz CT molecular complexity index is 731. The summed E-state index contributed by atoms with van der Waals surface area (Å²) < 4.78 is 5.02. The monoisotopic (exact) mass is 374 g/mol. The highest BCUT2D eigenvalue weighted by atomic mass is 32.1. The van der Waals surface area contributed by atoms with Gasteiger partial charge in [-0.3, -0.25) is 14.4 Å². The summed E-state index contributed by atoms with van der Waals surface area (Å²) in [5.41, 5.74) is 0.526. The number of nitrogens with zero attached hydrogens (tertiary/aromatic N) is 1. The van der Waals surface area contributed by atoms with E-state index in [2.05, 4.69) is 5.32 Å². The molecule has 0 radical (unpaired) electrons. The van der Waals surface area contributed by atoms with Crippen LogP contribution >= 0.6 is 11.3 Å². The van der Waals surface area contributed by atoms with E-state index in [0.29, 0.717) is 12.1 Å². The van der Waals surface area contributed by atoms with Crippen molar-refractivity contribution >= 4 is 29.1 Å². The van der Waals surface area contributed by atoms with Crippen LogP contribution in [-0.2, 0) is 20.9 Å². The zero-order valence-electron chi connectivity index (χ0n) is 14.8. The molecule has 1 atom stereocenters. The van der Waals surface area contributed by atoms with Gasteiger partial charge in [0.2, 0.25) is 0 Å². The van der Waals surface area contributed by atoms with Gasteiger partial charge in [-0.15, -0.1) is 11.3 Å². The van der Waals surface area contributed by atoms with E-state index in [4.69, 9.17) is 4.74 Å². The fourth-order valence-corrected chi connectivity index (χ4v) is 2.99. The number of thiophene rings is 1. The molecule has 7 heteroatoms. The first-order valence-corrected chi connectivity index (χ1v) is 9.11. The summed E-state index contributed by atoms with van der Waals surface area (Å²) in [5.74, 6) is -1.05. The van der Waals surface area contributed by atoms with Gasteiger partial charge in [-0.1, -0.05) is 24.3 Å². The minimum absolute atomic E-state index is 0.000489. The Morgan fingerprint density at radius 1 is 1.15 bits per heavy atom. The summed E-state index contributed by atoms with van der Waals surface area (Å²) >= 11 is 1.56. The number of carbonyl (C=O) groups is 3. The van der Waals surface area contributed by atoms with Crippen molar-refractivity contribution in [3.8, 4) is 0 Å². The van der Waals surface area contributed by atoms with Crippen molar-refractivity contribution in [3.05, 3.63) is 58.3 Å². The third-order valence-corrected chi connectivity index (χ3v) is 4.50. The van der Waals surface area contributed by atoms with Gasteiger partial charge >= 0.3 is 5.97 Å². The predicted molar refractivity (Wildman–Crippen MR) is 99.7 cm³/mol. The van der Waals surface area contributed by atoms with Crippen molar-refractivity contribution in [2.45, 2.75) is 25.9 Å². The van der Waals surface area contributed by atoms with Crippen LogP contribution in [0.4, 0.5) is 0 Å². The number of amides is 2. The molecule has 0 bridgehead atoms. The van der Waals surface area contributed by atoms with Gasteiger partial charge in [0.05, 0.1) is 13.0 Å². The summed E-state index contributed by atoms with van der Waals surface area (Å²) in [6, 6.07) is 12.2. The van der Waals surface area contributed by atoms with Crippen LogP contribution in [0.2, 0.25) is 0 Å².